The van der Waals surface area contributed by atoms with E-state index in [-0.39, 0.29) is 66.4 Å². The molecular formula is C49H58N4O8. The Morgan fingerprint density at radius 3 is 2.13 bits per heavy atom. The predicted molar refractivity (Wildman–Crippen MR) is 235 cm³/mol. The molecule has 3 amide bonds. The van der Waals surface area contributed by atoms with Crippen LogP contribution in [0.15, 0.2) is 84.9 Å². The van der Waals surface area contributed by atoms with Gasteiger partial charge in [0.25, 0.3) is 5.91 Å². The molecule has 0 spiro atoms. The average Bonchev–Trinajstić information content (AvgIpc) is 3.25. The van der Waals surface area contributed by atoms with E-state index in [1.807, 2.05) is 12.1 Å². The number of nitrogens with two attached hydrogens (primary N) is 1. The zero-order valence-corrected chi connectivity index (χ0v) is 35.5. The second kappa shape index (κ2) is 21.4. The fourth-order valence-corrected chi connectivity index (χ4v) is 7.79. The number of phenolic OH excluding ortho intramolecular Hbond substituents is 2. The molecule has 1 aliphatic heterocycles. The molecule has 4 aromatic carbocycles. The first-order valence-corrected chi connectivity index (χ1v) is 21.1. The molecule has 4 atom stereocenters. The molecule has 1 heterocycles. The number of carbonyl (C=O) groups is 6. The number of benzene rings is 4. The summed E-state index contributed by atoms with van der Waals surface area (Å²) in [6, 6.07) is 22.4. The quantitative estimate of drug-likeness (QED) is 0.0770. The largest absolute Gasteiger partial charge is 0.507 e. The molecule has 0 saturated heterocycles. The highest BCUT2D eigenvalue weighted by Gasteiger charge is 2.36. The molecule has 4 bridgehead atoms. The lowest BCUT2D eigenvalue weighted by Crippen LogP contribution is -2.45. The number of likely N-dealkylation sites (N-methyl/N-ethyl adjacent to an activating group) is 1. The molecule has 12 heteroatoms. The zero-order chi connectivity index (χ0) is 44.2. The molecule has 12 nitrogen and oxygen atoms in total. The van der Waals surface area contributed by atoms with Crippen molar-refractivity contribution in [2.24, 2.45) is 17.6 Å². The molecule has 0 aromatic heterocycles. The predicted octanol–water partition coefficient (Wildman–Crippen LogP) is 6.63. The molecule has 0 unspecified atom stereocenters. The summed E-state index contributed by atoms with van der Waals surface area (Å²) in [6.07, 6.45) is 4.32. The number of Topliss-reactive ketones (excluding diaryl/α,β-unsaturated/α-hetero) is 3. The van der Waals surface area contributed by atoms with Gasteiger partial charge in [0.2, 0.25) is 11.8 Å². The van der Waals surface area contributed by atoms with E-state index in [2.05, 4.69) is 41.8 Å². The van der Waals surface area contributed by atoms with Crippen LogP contribution in [0.3, 0.4) is 0 Å². The second-order valence-electron chi connectivity index (χ2n) is 16.2. The Labute approximate surface area is 357 Å². The third-order valence-electron chi connectivity index (χ3n) is 11.5. The Morgan fingerprint density at radius 1 is 0.852 bits per heavy atom. The van der Waals surface area contributed by atoms with E-state index in [1.165, 1.54) is 48.7 Å². The van der Waals surface area contributed by atoms with E-state index in [4.69, 9.17) is 5.73 Å². The molecular weight excluding hydrogens is 773 g/mol. The van der Waals surface area contributed by atoms with E-state index >= 15 is 0 Å². The maximum Gasteiger partial charge on any atom is 0.251 e. The normalized spacial score (nSPS) is 17.1. The van der Waals surface area contributed by atoms with Gasteiger partial charge in [-0.1, -0.05) is 75.2 Å². The SMILES string of the molecule is CCCCc1ccc(-c2ccc(C(=O)NCC(=O)C[C@@H](CCCCN)C(=O)N(C)[C@@H]3C(=O)C[C@@H](C)C(=O)N[C@H](C(C)=O)Cc4ccc(O)c(c4)-c4cc3ccc4O)cc2)cc1. The van der Waals surface area contributed by atoms with Crippen LogP contribution in [0.25, 0.3) is 22.3 Å². The van der Waals surface area contributed by atoms with Gasteiger partial charge in [-0.15, -0.1) is 0 Å². The summed E-state index contributed by atoms with van der Waals surface area (Å²) in [4.78, 5) is 82.7. The van der Waals surface area contributed by atoms with Crippen molar-refractivity contribution < 1.29 is 39.0 Å². The van der Waals surface area contributed by atoms with Crippen LogP contribution < -0.4 is 16.4 Å². The van der Waals surface area contributed by atoms with E-state index in [0.717, 1.165) is 30.4 Å². The molecule has 6 N–H and O–H groups in total. The van der Waals surface area contributed by atoms with Crippen LogP contribution in [0.2, 0.25) is 0 Å². The van der Waals surface area contributed by atoms with E-state index in [9.17, 15) is 39.0 Å². The molecule has 1 aliphatic rings. The van der Waals surface area contributed by atoms with Crippen molar-refractivity contribution in [1.82, 2.24) is 15.5 Å². The van der Waals surface area contributed by atoms with Crippen molar-refractivity contribution in [3.63, 3.8) is 0 Å². The van der Waals surface area contributed by atoms with Gasteiger partial charge in [0.1, 0.15) is 17.5 Å². The highest BCUT2D eigenvalue weighted by Crippen LogP contribution is 2.39. The third-order valence-corrected chi connectivity index (χ3v) is 11.5. The summed E-state index contributed by atoms with van der Waals surface area (Å²) in [5.74, 6) is -4.72. The summed E-state index contributed by atoms with van der Waals surface area (Å²) < 4.78 is 0. The number of nitrogens with zero attached hydrogens (tertiary/aromatic N) is 1. The summed E-state index contributed by atoms with van der Waals surface area (Å²) in [5.41, 5.74) is 10.8. The van der Waals surface area contributed by atoms with Crippen molar-refractivity contribution in [2.45, 2.75) is 90.6 Å². The Bertz CT molecular complexity index is 2220. The number of fused-ring (bicyclic) bond motifs is 5. The number of carbonyl (C=O) groups excluding carboxylic acids is 6. The van der Waals surface area contributed by atoms with Gasteiger partial charge in [-0.05, 0) is 110 Å². The van der Waals surface area contributed by atoms with Crippen molar-refractivity contribution in [3.8, 4) is 33.8 Å². The number of nitrogens with one attached hydrogen (secondary N) is 2. The van der Waals surface area contributed by atoms with E-state index < -0.39 is 47.4 Å². The van der Waals surface area contributed by atoms with Gasteiger partial charge < -0.3 is 31.5 Å². The minimum atomic E-state index is -1.26. The van der Waals surface area contributed by atoms with Crippen LogP contribution in [0.1, 0.15) is 98.8 Å². The molecule has 0 saturated carbocycles. The molecule has 0 aliphatic carbocycles. The Hall–Kier alpha value is -6.14. The van der Waals surface area contributed by atoms with E-state index in [1.54, 1.807) is 31.2 Å². The van der Waals surface area contributed by atoms with Gasteiger partial charge in [0, 0.05) is 48.4 Å². The maximum absolute atomic E-state index is 14.5. The standard InChI is InChI=1S/C49H58N4O8/c1-5-6-9-32-11-14-34(15-12-32)35-16-18-36(19-17-35)48(60)51-29-39(55)27-38(10-7-8-23-50)49(61)53(4)46-37-20-22-44(57)41(28-37)40-25-33(13-21-43(40)56)26-42(31(3)54)52-47(59)30(2)24-45(46)58/h11-22,25,28,30,38,42,46,56-57H,5-10,23-24,26-27,29,50H2,1-4H3,(H,51,60)(H,52,59)/t30-,38-,42+,46+/m1/s1. The average molecular weight is 831 g/mol. The lowest BCUT2D eigenvalue weighted by Gasteiger charge is -2.32. The second-order valence-corrected chi connectivity index (χ2v) is 16.2. The smallest absolute Gasteiger partial charge is 0.251 e. The first-order valence-electron chi connectivity index (χ1n) is 21.1. The first-order chi connectivity index (χ1) is 29.2. The molecule has 5 rings (SSSR count). The first kappa shape index (κ1) is 45.9. The van der Waals surface area contributed by atoms with Gasteiger partial charge in [-0.3, -0.25) is 28.8 Å². The number of unbranched alkanes of at least 4 members (excludes halogenated alkanes) is 2. The fourth-order valence-electron chi connectivity index (χ4n) is 7.79. The molecule has 4 aromatic rings. The number of aryl methyl sites for hydroxylation is 1. The zero-order valence-electron chi connectivity index (χ0n) is 35.5. The van der Waals surface area contributed by atoms with Crippen molar-refractivity contribution in [1.29, 1.82) is 0 Å². The van der Waals surface area contributed by atoms with Crippen LogP contribution >= 0.6 is 0 Å². The molecule has 0 fully saturated rings. The molecule has 0 radical (unpaired) electrons. The summed E-state index contributed by atoms with van der Waals surface area (Å²) in [6.45, 7) is 5.15. The summed E-state index contributed by atoms with van der Waals surface area (Å²) >= 11 is 0. The van der Waals surface area contributed by atoms with Crippen molar-refractivity contribution in [2.75, 3.05) is 20.1 Å². The van der Waals surface area contributed by atoms with Gasteiger partial charge in [0.05, 0.1) is 12.6 Å². The number of hydrogen-bond acceptors (Lipinski definition) is 9. The number of phenols is 2. The molecule has 61 heavy (non-hydrogen) atoms. The maximum atomic E-state index is 14.5. The van der Waals surface area contributed by atoms with Crippen LogP contribution in [-0.2, 0) is 36.8 Å². The lowest BCUT2D eigenvalue weighted by molar-refractivity contribution is -0.143. The van der Waals surface area contributed by atoms with Crippen LogP contribution in [0.4, 0.5) is 0 Å². The van der Waals surface area contributed by atoms with E-state index in [0.29, 0.717) is 36.1 Å². The Kier molecular flexibility index (Phi) is 16.1. The van der Waals surface area contributed by atoms with Crippen LogP contribution in [0, 0.1) is 11.8 Å². The lowest BCUT2D eigenvalue weighted by atomic mass is 9.88. The van der Waals surface area contributed by atoms with Crippen LogP contribution in [-0.4, -0.2) is 76.4 Å². The Morgan fingerprint density at radius 2 is 1.49 bits per heavy atom. The fraction of sp³-hybridized carbons (Fsp3) is 0.388. The minimum absolute atomic E-state index is 0.116. The summed E-state index contributed by atoms with van der Waals surface area (Å²) in [7, 11) is 1.46. The summed E-state index contributed by atoms with van der Waals surface area (Å²) in [5, 5.41) is 27.4. The third kappa shape index (κ3) is 12.0. The monoisotopic (exact) mass is 830 g/mol. The van der Waals surface area contributed by atoms with Crippen molar-refractivity contribution >= 4 is 35.1 Å². The van der Waals surface area contributed by atoms with Crippen LogP contribution in [0.5, 0.6) is 11.5 Å². The number of hydrogen-bond donors (Lipinski definition) is 5. The van der Waals surface area contributed by atoms with Gasteiger partial charge in [-0.2, -0.15) is 0 Å². The van der Waals surface area contributed by atoms with Gasteiger partial charge in [0.15, 0.2) is 17.3 Å². The highest BCUT2D eigenvalue weighted by atomic mass is 16.3. The topological polar surface area (TPSA) is 196 Å². The highest BCUT2D eigenvalue weighted by molar-refractivity contribution is 5.99. The Balaban J connectivity index is 1.36. The minimum Gasteiger partial charge on any atom is -0.507 e. The number of rotatable bonds is 16. The van der Waals surface area contributed by atoms with Gasteiger partial charge >= 0.3 is 0 Å². The molecule has 322 valence electrons. The van der Waals surface area contributed by atoms with Crippen molar-refractivity contribution in [3.05, 3.63) is 107 Å². The number of aromatic hydroxyl groups is 2. The number of amides is 3. The number of ketones is 3. The van der Waals surface area contributed by atoms with Gasteiger partial charge in [-0.25, -0.2) is 0 Å².